The van der Waals surface area contributed by atoms with E-state index in [0.29, 0.717) is 6.54 Å². The molecule has 0 heterocycles. The lowest BCUT2D eigenvalue weighted by atomic mass is 9.98. The van der Waals surface area contributed by atoms with E-state index in [9.17, 15) is 0 Å². The van der Waals surface area contributed by atoms with Crippen LogP contribution in [0.5, 0.6) is 0 Å². The molecule has 66 valence electrons. The zero-order valence-corrected chi connectivity index (χ0v) is 8.15. The van der Waals surface area contributed by atoms with Crippen molar-refractivity contribution in [2.24, 2.45) is 5.73 Å². The molecule has 0 bridgehead atoms. The Morgan fingerprint density at radius 1 is 1.17 bits per heavy atom. The van der Waals surface area contributed by atoms with Crippen molar-refractivity contribution in [1.82, 2.24) is 0 Å². The van der Waals surface area contributed by atoms with Crippen LogP contribution in [0.15, 0.2) is 12.1 Å². The highest BCUT2D eigenvalue weighted by atomic mass is 14.5. The highest BCUT2D eigenvalue weighted by molar-refractivity contribution is 5.37. The molecular formula is C11H17N. The fourth-order valence-electron chi connectivity index (χ4n) is 1.61. The first-order valence-electron chi connectivity index (χ1n) is 4.48. The largest absolute Gasteiger partial charge is 0.326 e. The summed E-state index contributed by atoms with van der Waals surface area (Å²) in [6.07, 6.45) is 1.10. The van der Waals surface area contributed by atoms with Crippen molar-refractivity contribution in [3.63, 3.8) is 0 Å². The Kier molecular flexibility index (Phi) is 2.88. The third-order valence-corrected chi connectivity index (χ3v) is 2.37. The van der Waals surface area contributed by atoms with E-state index in [1.807, 2.05) is 0 Å². The van der Waals surface area contributed by atoms with Gasteiger partial charge in [0.25, 0.3) is 0 Å². The maximum Gasteiger partial charge on any atom is 0.0183 e. The Morgan fingerprint density at radius 2 is 1.67 bits per heavy atom. The number of aryl methyl sites for hydroxylation is 3. The highest BCUT2D eigenvalue weighted by Crippen LogP contribution is 2.16. The van der Waals surface area contributed by atoms with E-state index in [1.54, 1.807) is 0 Å². The van der Waals surface area contributed by atoms with Crippen molar-refractivity contribution in [2.75, 3.05) is 0 Å². The lowest BCUT2D eigenvalue weighted by Gasteiger charge is -2.09. The molecule has 0 aliphatic heterocycles. The number of nitrogens with two attached hydrogens (primary N) is 1. The molecule has 1 nitrogen and oxygen atoms in total. The summed E-state index contributed by atoms with van der Waals surface area (Å²) < 4.78 is 0. The van der Waals surface area contributed by atoms with Gasteiger partial charge < -0.3 is 5.73 Å². The summed E-state index contributed by atoms with van der Waals surface area (Å²) in [7, 11) is 0. The summed E-state index contributed by atoms with van der Waals surface area (Å²) >= 11 is 0. The van der Waals surface area contributed by atoms with Gasteiger partial charge in [-0.3, -0.25) is 0 Å². The predicted octanol–water partition coefficient (Wildman–Crippen LogP) is 2.32. The van der Waals surface area contributed by atoms with E-state index < -0.39 is 0 Å². The molecule has 0 aliphatic carbocycles. The van der Waals surface area contributed by atoms with Crippen LogP contribution in [0.4, 0.5) is 0 Å². The normalized spacial score (nSPS) is 10.3. The van der Waals surface area contributed by atoms with Gasteiger partial charge in [0.2, 0.25) is 0 Å². The molecule has 0 fully saturated rings. The number of benzene rings is 1. The smallest absolute Gasteiger partial charge is 0.0183 e. The zero-order valence-electron chi connectivity index (χ0n) is 8.15. The van der Waals surface area contributed by atoms with Crippen molar-refractivity contribution in [3.8, 4) is 0 Å². The first-order valence-corrected chi connectivity index (χ1v) is 4.48. The quantitative estimate of drug-likeness (QED) is 0.711. The monoisotopic (exact) mass is 163 g/mol. The summed E-state index contributed by atoms with van der Waals surface area (Å²) in [5, 5.41) is 0. The third kappa shape index (κ3) is 1.67. The molecule has 0 saturated heterocycles. The number of hydrogen-bond acceptors (Lipinski definition) is 1. The Balaban J connectivity index is 3.18. The van der Waals surface area contributed by atoms with Crippen LogP contribution in [0.2, 0.25) is 0 Å². The molecule has 12 heavy (non-hydrogen) atoms. The fraction of sp³-hybridized carbons (Fsp3) is 0.455. The van der Waals surface area contributed by atoms with E-state index in [0.717, 1.165) is 6.42 Å². The van der Waals surface area contributed by atoms with Crippen LogP contribution in [0.1, 0.15) is 29.2 Å². The van der Waals surface area contributed by atoms with Crippen LogP contribution in [0.25, 0.3) is 0 Å². The molecule has 0 amide bonds. The van der Waals surface area contributed by atoms with Gasteiger partial charge in [-0.1, -0.05) is 19.1 Å². The molecule has 0 saturated carbocycles. The molecule has 1 heteroatoms. The number of hydrogen-bond donors (Lipinski definition) is 1. The van der Waals surface area contributed by atoms with Crippen molar-refractivity contribution in [1.29, 1.82) is 0 Å². The molecule has 0 unspecified atom stereocenters. The van der Waals surface area contributed by atoms with Crippen LogP contribution in [-0.4, -0.2) is 0 Å². The molecule has 1 aromatic rings. The molecule has 0 radical (unpaired) electrons. The topological polar surface area (TPSA) is 26.0 Å². The summed E-state index contributed by atoms with van der Waals surface area (Å²) in [5.41, 5.74) is 11.0. The Hall–Kier alpha value is -0.820. The molecule has 0 spiro atoms. The van der Waals surface area contributed by atoms with Gasteiger partial charge in [-0.15, -0.1) is 0 Å². The minimum absolute atomic E-state index is 0.654. The van der Waals surface area contributed by atoms with Gasteiger partial charge in [-0.25, -0.2) is 0 Å². The summed E-state index contributed by atoms with van der Waals surface area (Å²) in [4.78, 5) is 0. The minimum atomic E-state index is 0.654. The molecule has 1 rings (SSSR count). The molecule has 1 aromatic carbocycles. The van der Waals surface area contributed by atoms with Crippen molar-refractivity contribution >= 4 is 0 Å². The lowest BCUT2D eigenvalue weighted by Crippen LogP contribution is -2.02. The van der Waals surface area contributed by atoms with E-state index in [4.69, 9.17) is 5.73 Å². The molecular weight excluding hydrogens is 146 g/mol. The maximum absolute atomic E-state index is 5.64. The standard InChI is InChI=1S/C11H17N/c1-4-10-5-8(2)11(7-12)9(3)6-10/h5-6H,4,7,12H2,1-3H3. The Morgan fingerprint density at radius 3 is 2.00 bits per heavy atom. The molecule has 2 N–H and O–H groups in total. The second kappa shape index (κ2) is 3.72. The van der Waals surface area contributed by atoms with Gasteiger partial charge >= 0.3 is 0 Å². The van der Waals surface area contributed by atoms with E-state index in [2.05, 4.69) is 32.9 Å². The first kappa shape index (κ1) is 9.27. The third-order valence-electron chi connectivity index (χ3n) is 2.37. The second-order valence-electron chi connectivity index (χ2n) is 3.27. The van der Waals surface area contributed by atoms with Gasteiger partial charge in [0, 0.05) is 6.54 Å². The maximum atomic E-state index is 5.64. The SMILES string of the molecule is CCc1cc(C)c(CN)c(C)c1. The molecule has 0 aromatic heterocycles. The first-order chi connectivity index (χ1) is 5.69. The zero-order chi connectivity index (χ0) is 9.14. The summed E-state index contributed by atoms with van der Waals surface area (Å²) in [5.74, 6) is 0. The van der Waals surface area contributed by atoms with E-state index in [-0.39, 0.29) is 0 Å². The molecule has 0 aliphatic rings. The highest BCUT2D eigenvalue weighted by Gasteiger charge is 2.01. The van der Waals surface area contributed by atoms with Crippen LogP contribution in [-0.2, 0) is 13.0 Å². The fourth-order valence-corrected chi connectivity index (χ4v) is 1.61. The summed E-state index contributed by atoms with van der Waals surface area (Å²) in [6.45, 7) is 7.10. The van der Waals surface area contributed by atoms with Gasteiger partial charge in [-0.2, -0.15) is 0 Å². The van der Waals surface area contributed by atoms with Crippen molar-refractivity contribution in [3.05, 3.63) is 34.4 Å². The van der Waals surface area contributed by atoms with E-state index >= 15 is 0 Å². The lowest BCUT2D eigenvalue weighted by molar-refractivity contribution is 1.01. The van der Waals surface area contributed by atoms with Crippen LogP contribution in [0, 0.1) is 13.8 Å². The Labute approximate surface area is 74.6 Å². The van der Waals surface area contributed by atoms with Crippen molar-refractivity contribution in [2.45, 2.75) is 33.7 Å². The van der Waals surface area contributed by atoms with Gasteiger partial charge in [-0.05, 0) is 42.5 Å². The van der Waals surface area contributed by atoms with E-state index in [1.165, 1.54) is 22.3 Å². The average molecular weight is 163 g/mol. The second-order valence-corrected chi connectivity index (χ2v) is 3.27. The van der Waals surface area contributed by atoms with Gasteiger partial charge in [0.15, 0.2) is 0 Å². The molecule has 0 atom stereocenters. The average Bonchev–Trinajstić information content (AvgIpc) is 2.03. The van der Waals surface area contributed by atoms with Gasteiger partial charge in [0.05, 0.1) is 0 Å². The summed E-state index contributed by atoms with van der Waals surface area (Å²) in [6, 6.07) is 4.46. The predicted molar refractivity (Wildman–Crippen MR) is 53.2 cm³/mol. The Bertz CT molecular complexity index is 253. The van der Waals surface area contributed by atoms with Gasteiger partial charge in [0.1, 0.15) is 0 Å². The van der Waals surface area contributed by atoms with Crippen LogP contribution < -0.4 is 5.73 Å². The van der Waals surface area contributed by atoms with Crippen molar-refractivity contribution < 1.29 is 0 Å². The minimum Gasteiger partial charge on any atom is -0.326 e. The van der Waals surface area contributed by atoms with Crippen LogP contribution >= 0.6 is 0 Å². The van der Waals surface area contributed by atoms with Crippen LogP contribution in [0.3, 0.4) is 0 Å². The number of rotatable bonds is 2.